The summed E-state index contributed by atoms with van der Waals surface area (Å²) in [6.45, 7) is 3.64. The van der Waals surface area contributed by atoms with Crippen LogP contribution in [0.1, 0.15) is 25.3 Å². The molecule has 0 amide bonds. The second kappa shape index (κ2) is 6.42. The van der Waals surface area contributed by atoms with E-state index in [-0.39, 0.29) is 0 Å². The first-order valence-corrected chi connectivity index (χ1v) is 8.76. The molecule has 1 aliphatic carbocycles. The van der Waals surface area contributed by atoms with Gasteiger partial charge in [-0.15, -0.1) is 0 Å². The van der Waals surface area contributed by atoms with E-state index in [1.165, 1.54) is 18.4 Å². The zero-order valence-electron chi connectivity index (χ0n) is 11.8. The van der Waals surface area contributed by atoms with Crippen molar-refractivity contribution in [2.75, 3.05) is 16.8 Å². The van der Waals surface area contributed by atoms with Crippen LogP contribution in [0.25, 0.3) is 0 Å². The molecular weight excluding hydrogens is 325 g/mol. The lowest BCUT2D eigenvalue weighted by Gasteiger charge is -2.25. The van der Waals surface area contributed by atoms with E-state index < -0.39 is 0 Å². The molecule has 0 saturated heterocycles. The molecule has 0 unspecified atom stereocenters. The lowest BCUT2D eigenvalue weighted by molar-refractivity contribution is 0.780. The topological polar surface area (TPSA) is 28.2 Å². The molecule has 2 aromatic rings. The van der Waals surface area contributed by atoms with Gasteiger partial charge in [0.2, 0.25) is 0 Å². The van der Waals surface area contributed by atoms with E-state index >= 15 is 0 Å². The van der Waals surface area contributed by atoms with Crippen molar-refractivity contribution in [2.24, 2.45) is 0 Å². The van der Waals surface area contributed by atoms with Crippen molar-refractivity contribution in [1.29, 1.82) is 0 Å². The number of nitrogens with zero attached hydrogens (tertiary/aromatic N) is 2. The molecule has 3 nitrogen and oxygen atoms in total. The Bertz CT molecular complexity index is 612. The average molecular weight is 342 g/mol. The molecule has 1 aliphatic rings. The molecule has 2 aromatic heterocycles. The fourth-order valence-electron chi connectivity index (χ4n) is 2.29. The second-order valence-corrected chi connectivity index (χ2v) is 6.74. The summed E-state index contributed by atoms with van der Waals surface area (Å²) in [5, 5.41) is 8.64. The molecule has 112 valence electrons. The molecule has 0 bridgehead atoms. The van der Waals surface area contributed by atoms with Crippen LogP contribution in [0.5, 0.6) is 0 Å². The lowest BCUT2D eigenvalue weighted by atomic mass is 10.3. The zero-order valence-corrected chi connectivity index (χ0v) is 14.1. The van der Waals surface area contributed by atoms with Gasteiger partial charge in [-0.05, 0) is 48.2 Å². The van der Waals surface area contributed by atoms with Gasteiger partial charge < -0.3 is 10.2 Å². The molecule has 0 radical (unpaired) electrons. The summed E-state index contributed by atoms with van der Waals surface area (Å²) in [5.41, 5.74) is 1.30. The third-order valence-corrected chi connectivity index (χ3v) is 4.75. The molecule has 2 heterocycles. The van der Waals surface area contributed by atoms with E-state index in [0.29, 0.717) is 21.9 Å². The highest BCUT2D eigenvalue weighted by molar-refractivity contribution is 7.07. The van der Waals surface area contributed by atoms with E-state index in [9.17, 15) is 0 Å². The predicted molar refractivity (Wildman–Crippen MR) is 91.9 cm³/mol. The van der Waals surface area contributed by atoms with E-state index in [4.69, 9.17) is 23.2 Å². The Labute approximate surface area is 138 Å². The van der Waals surface area contributed by atoms with Crippen molar-refractivity contribution >= 4 is 46.2 Å². The number of anilines is 2. The van der Waals surface area contributed by atoms with Gasteiger partial charge in [0.25, 0.3) is 0 Å². The molecular formula is C15H17Cl2N3S. The average Bonchev–Trinajstić information content (AvgIpc) is 3.17. The number of aromatic nitrogens is 1. The number of hydrogen-bond donors (Lipinski definition) is 1. The molecule has 1 N–H and O–H groups in total. The largest absolute Gasteiger partial charge is 0.369 e. The van der Waals surface area contributed by atoms with Crippen LogP contribution in [-0.4, -0.2) is 17.6 Å². The minimum atomic E-state index is 0.533. The summed E-state index contributed by atoms with van der Waals surface area (Å²) in [5.74, 6) is 1.53. The monoisotopic (exact) mass is 341 g/mol. The van der Waals surface area contributed by atoms with E-state index in [2.05, 4.69) is 32.0 Å². The third kappa shape index (κ3) is 3.44. The molecule has 0 spiro atoms. The van der Waals surface area contributed by atoms with Crippen molar-refractivity contribution in [3.8, 4) is 0 Å². The van der Waals surface area contributed by atoms with Crippen LogP contribution in [0, 0.1) is 0 Å². The summed E-state index contributed by atoms with van der Waals surface area (Å²) in [6.07, 6.45) is 2.39. The van der Waals surface area contributed by atoms with Gasteiger partial charge in [0.05, 0.1) is 10.0 Å². The standard InChI is InChI=1S/C15H17Cl2N3S/c1-2-18-14-12(16)7-13(17)15(19-14)20(11-3-4-11)8-10-5-6-21-9-10/h5-7,9,11H,2-4,8H2,1H3,(H,18,19). The number of pyridine rings is 1. The van der Waals surface area contributed by atoms with Crippen LogP contribution >= 0.6 is 34.5 Å². The molecule has 1 fully saturated rings. The van der Waals surface area contributed by atoms with Crippen molar-refractivity contribution < 1.29 is 0 Å². The molecule has 0 aromatic carbocycles. The highest BCUT2D eigenvalue weighted by atomic mass is 35.5. The Balaban J connectivity index is 1.93. The van der Waals surface area contributed by atoms with Crippen molar-refractivity contribution in [2.45, 2.75) is 32.4 Å². The van der Waals surface area contributed by atoms with E-state index in [1.54, 1.807) is 17.4 Å². The SMILES string of the molecule is CCNc1nc(N(Cc2ccsc2)C2CC2)c(Cl)cc1Cl. The van der Waals surface area contributed by atoms with Gasteiger partial charge in [-0.3, -0.25) is 0 Å². The van der Waals surface area contributed by atoms with Gasteiger partial charge in [-0.25, -0.2) is 4.98 Å². The van der Waals surface area contributed by atoms with Crippen molar-refractivity contribution in [3.63, 3.8) is 0 Å². The van der Waals surface area contributed by atoms with Gasteiger partial charge in [0.1, 0.15) is 5.82 Å². The Morgan fingerprint density at radius 2 is 2.19 bits per heavy atom. The number of halogens is 2. The highest BCUT2D eigenvalue weighted by Gasteiger charge is 2.31. The maximum atomic E-state index is 6.39. The molecule has 0 aliphatic heterocycles. The van der Waals surface area contributed by atoms with Gasteiger partial charge in [0, 0.05) is 19.1 Å². The van der Waals surface area contributed by atoms with Crippen LogP contribution in [-0.2, 0) is 6.54 Å². The quantitative estimate of drug-likeness (QED) is 0.796. The number of thiophene rings is 1. The van der Waals surface area contributed by atoms with Crippen LogP contribution in [0.2, 0.25) is 10.0 Å². The van der Waals surface area contributed by atoms with E-state index in [0.717, 1.165) is 18.9 Å². The van der Waals surface area contributed by atoms with Crippen LogP contribution in [0.3, 0.4) is 0 Å². The van der Waals surface area contributed by atoms with Crippen LogP contribution in [0.15, 0.2) is 22.9 Å². The second-order valence-electron chi connectivity index (χ2n) is 5.15. The fraction of sp³-hybridized carbons (Fsp3) is 0.400. The van der Waals surface area contributed by atoms with Crippen LogP contribution < -0.4 is 10.2 Å². The fourth-order valence-corrected chi connectivity index (χ4v) is 3.49. The van der Waals surface area contributed by atoms with Gasteiger partial charge in [-0.1, -0.05) is 23.2 Å². The summed E-state index contributed by atoms with van der Waals surface area (Å²) in [4.78, 5) is 6.95. The molecule has 3 rings (SSSR count). The van der Waals surface area contributed by atoms with Crippen LogP contribution in [0.4, 0.5) is 11.6 Å². The molecule has 6 heteroatoms. The Kier molecular flexibility index (Phi) is 4.57. The van der Waals surface area contributed by atoms with Gasteiger partial charge >= 0.3 is 0 Å². The molecule has 1 saturated carbocycles. The van der Waals surface area contributed by atoms with Crippen molar-refractivity contribution in [3.05, 3.63) is 38.5 Å². The number of hydrogen-bond acceptors (Lipinski definition) is 4. The first-order chi connectivity index (χ1) is 10.2. The minimum absolute atomic E-state index is 0.533. The van der Waals surface area contributed by atoms with E-state index in [1.807, 2.05) is 6.92 Å². The van der Waals surface area contributed by atoms with Gasteiger partial charge in [-0.2, -0.15) is 11.3 Å². The zero-order chi connectivity index (χ0) is 14.8. The Morgan fingerprint density at radius 1 is 1.38 bits per heavy atom. The Morgan fingerprint density at radius 3 is 2.81 bits per heavy atom. The number of nitrogens with one attached hydrogen (secondary N) is 1. The lowest BCUT2D eigenvalue weighted by Crippen LogP contribution is -2.26. The highest BCUT2D eigenvalue weighted by Crippen LogP contribution is 2.38. The third-order valence-electron chi connectivity index (χ3n) is 3.45. The summed E-state index contributed by atoms with van der Waals surface area (Å²) < 4.78 is 0. The summed E-state index contributed by atoms with van der Waals surface area (Å²) >= 11 is 14.3. The maximum Gasteiger partial charge on any atom is 0.150 e. The summed E-state index contributed by atoms with van der Waals surface area (Å²) in [7, 11) is 0. The van der Waals surface area contributed by atoms with Crippen molar-refractivity contribution in [1.82, 2.24) is 4.98 Å². The summed E-state index contributed by atoms with van der Waals surface area (Å²) in [6, 6.07) is 4.46. The normalized spacial score (nSPS) is 14.2. The minimum Gasteiger partial charge on any atom is -0.369 e. The predicted octanol–water partition coefficient (Wildman–Crippen LogP) is 5.05. The first kappa shape index (κ1) is 14.9. The number of rotatable bonds is 6. The first-order valence-electron chi connectivity index (χ1n) is 7.06. The molecule has 21 heavy (non-hydrogen) atoms. The maximum absolute atomic E-state index is 6.39. The van der Waals surface area contributed by atoms with Gasteiger partial charge in [0.15, 0.2) is 5.82 Å². The molecule has 0 atom stereocenters. The smallest absolute Gasteiger partial charge is 0.150 e. The Hall–Kier alpha value is -0.970.